The number of hydrogen-bond donors (Lipinski definition) is 0. The summed E-state index contributed by atoms with van der Waals surface area (Å²) < 4.78 is 5.09. The molecule has 1 heterocycles. The van der Waals surface area contributed by atoms with Gasteiger partial charge in [-0.25, -0.2) is 0 Å². The highest BCUT2D eigenvalue weighted by atomic mass is 16.5. The molecule has 0 aromatic rings. The first-order chi connectivity index (χ1) is 4.83. The summed E-state index contributed by atoms with van der Waals surface area (Å²) in [4.78, 5) is 4.39. The van der Waals surface area contributed by atoms with Crippen LogP contribution in [-0.2, 0) is 4.74 Å². The molecule has 2 nitrogen and oxygen atoms in total. The van der Waals surface area contributed by atoms with E-state index in [1.807, 2.05) is 0 Å². The number of rotatable bonds is 0. The van der Waals surface area contributed by atoms with E-state index in [0.717, 1.165) is 12.3 Å². The molecular weight excluding hydrogens is 126 g/mol. The minimum absolute atomic E-state index is 0.470. The van der Waals surface area contributed by atoms with E-state index in [1.54, 1.807) is 7.11 Å². The average Bonchev–Trinajstić information content (AvgIpc) is 2.13. The van der Waals surface area contributed by atoms with E-state index in [2.05, 4.69) is 11.9 Å². The third-order valence-electron chi connectivity index (χ3n) is 1.86. The summed E-state index contributed by atoms with van der Waals surface area (Å²) in [5, 5.41) is 0. The molecule has 0 aromatic carbocycles. The molecular formula is C8H15NO. The second-order valence-corrected chi connectivity index (χ2v) is 2.82. The Labute approximate surface area is 62.3 Å². The van der Waals surface area contributed by atoms with Gasteiger partial charge in [0.1, 0.15) is 0 Å². The lowest BCUT2D eigenvalue weighted by atomic mass is 10.1. The van der Waals surface area contributed by atoms with E-state index in [0.29, 0.717) is 6.04 Å². The van der Waals surface area contributed by atoms with Crippen LogP contribution in [0.1, 0.15) is 32.6 Å². The summed E-state index contributed by atoms with van der Waals surface area (Å²) in [5.74, 6) is 0.935. The second-order valence-electron chi connectivity index (χ2n) is 2.82. The van der Waals surface area contributed by atoms with Gasteiger partial charge in [-0.15, -0.1) is 0 Å². The molecule has 1 aliphatic heterocycles. The van der Waals surface area contributed by atoms with Crippen LogP contribution in [0.3, 0.4) is 0 Å². The maximum absolute atomic E-state index is 5.09. The topological polar surface area (TPSA) is 21.6 Å². The Bertz CT molecular complexity index is 131. The van der Waals surface area contributed by atoms with Gasteiger partial charge in [0.15, 0.2) is 5.90 Å². The van der Waals surface area contributed by atoms with Gasteiger partial charge in [0, 0.05) is 6.42 Å². The Morgan fingerprint density at radius 3 is 3.00 bits per heavy atom. The Kier molecular flexibility index (Phi) is 2.72. The maximum Gasteiger partial charge on any atom is 0.183 e. The molecule has 0 radical (unpaired) electrons. The van der Waals surface area contributed by atoms with Crippen molar-refractivity contribution in [2.24, 2.45) is 4.99 Å². The lowest BCUT2D eigenvalue weighted by molar-refractivity contribution is 0.387. The van der Waals surface area contributed by atoms with Crippen LogP contribution in [0.15, 0.2) is 4.99 Å². The fourth-order valence-electron chi connectivity index (χ4n) is 1.25. The number of aliphatic imine (C=N–C) groups is 1. The molecule has 0 N–H and O–H groups in total. The summed E-state index contributed by atoms with van der Waals surface area (Å²) in [6.45, 7) is 2.14. The van der Waals surface area contributed by atoms with Crippen LogP contribution in [0.25, 0.3) is 0 Å². The van der Waals surface area contributed by atoms with Crippen LogP contribution in [0.2, 0.25) is 0 Å². The molecule has 1 atom stereocenters. The van der Waals surface area contributed by atoms with E-state index in [4.69, 9.17) is 4.74 Å². The highest BCUT2D eigenvalue weighted by Crippen LogP contribution is 2.12. The predicted octanol–water partition coefficient (Wildman–Crippen LogP) is 1.99. The Morgan fingerprint density at radius 2 is 2.30 bits per heavy atom. The van der Waals surface area contributed by atoms with Crippen LogP contribution >= 0.6 is 0 Å². The highest BCUT2D eigenvalue weighted by Gasteiger charge is 2.08. The largest absolute Gasteiger partial charge is 0.484 e. The molecule has 0 aliphatic carbocycles. The Hall–Kier alpha value is -0.530. The van der Waals surface area contributed by atoms with Gasteiger partial charge in [-0.05, 0) is 19.8 Å². The zero-order valence-electron chi connectivity index (χ0n) is 6.76. The SMILES string of the molecule is COC1=N[C@@H](C)CCCC1. The highest BCUT2D eigenvalue weighted by molar-refractivity contribution is 5.76. The van der Waals surface area contributed by atoms with Crippen LogP contribution in [0, 0.1) is 0 Å². The van der Waals surface area contributed by atoms with Crippen molar-refractivity contribution in [1.82, 2.24) is 0 Å². The van der Waals surface area contributed by atoms with Crippen LogP contribution < -0.4 is 0 Å². The number of hydrogen-bond acceptors (Lipinski definition) is 2. The number of ether oxygens (including phenoxy) is 1. The molecule has 0 aromatic heterocycles. The lowest BCUT2D eigenvalue weighted by Crippen LogP contribution is -2.03. The minimum Gasteiger partial charge on any atom is -0.484 e. The van der Waals surface area contributed by atoms with Crippen molar-refractivity contribution in [3.05, 3.63) is 0 Å². The van der Waals surface area contributed by atoms with Gasteiger partial charge in [0.2, 0.25) is 0 Å². The fraction of sp³-hybridized carbons (Fsp3) is 0.875. The quantitative estimate of drug-likeness (QED) is 0.505. The molecule has 0 unspecified atom stereocenters. The average molecular weight is 141 g/mol. The first-order valence-corrected chi connectivity index (χ1v) is 3.93. The summed E-state index contributed by atoms with van der Waals surface area (Å²) >= 11 is 0. The van der Waals surface area contributed by atoms with Crippen molar-refractivity contribution in [2.45, 2.75) is 38.6 Å². The van der Waals surface area contributed by atoms with Crippen LogP contribution in [-0.4, -0.2) is 19.0 Å². The molecule has 0 bridgehead atoms. The maximum atomic E-state index is 5.09. The van der Waals surface area contributed by atoms with E-state index in [1.165, 1.54) is 19.3 Å². The molecule has 0 saturated heterocycles. The van der Waals surface area contributed by atoms with E-state index < -0.39 is 0 Å². The van der Waals surface area contributed by atoms with Crippen molar-refractivity contribution in [2.75, 3.05) is 7.11 Å². The smallest absolute Gasteiger partial charge is 0.183 e. The Morgan fingerprint density at radius 1 is 1.50 bits per heavy atom. The molecule has 1 aliphatic rings. The van der Waals surface area contributed by atoms with E-state index >= 15 is 0 Å². The van der Waals surface area contributed by atoms with Crippen molar-refractivity contribution in [3.63, 3.8) is 0 Å². The molecule has 0 saturated carbocycles. The van der Waals surface area contributed by atoms with Crippen molar-refractivity contribution in [3.8, 4) is 0 Å². The van der Waals surface area contributed by atoms with Gasteiger partial charge in [-0.1, -0.05) is 6.42 Å². The summed E-state index contributed by atoms with van der Waals surface area (Å²) in [7, 11) is 1.71. The van der Waals surface area contributed by atoms with Gasteiger partial charge >= 0.3 is 0 Å². The van der Waals surface area contributed by atoms with Gasteiger partial charge in [0.25, 0.3) is 0 Å². The summed E-state index contributed by atoms with van der Waals surface area (Å²) in [6, 6.07) is 0.470. The zero-order valence-corrected chi connectivity index (χ0v) is 6.76. The second kappa shape index (κ2) is 3.59. The minimum atomic E-state index is 0.470. The molecule has 58 valence electrons. The van der Waals surface area contributed by atoms with Crippen LogP contribution in [0.5, 0.6) is 0 Å². The molecule has 10 heavy (non-hydrogen) atoms. The number of methoxy groups -OCH3 is 1. The Balaban J connectivity index is 2.50. The van der Waals surface area contributed by atoms with Crippen LogP contribution in [0.4, 0.5) is 0 Å². The van der Waals surface area contributed by atoms with Gasteiger partial charge in [-0.2, -0.15) is 0 Å². The molecule has 0 fully saturated rings. The molecule has 0 amide bonds. The van der Waals surface area contributed by atoms with Crippen molar-refractivity contribution in [1.29, 1.82) is 0 Å². The summed E-state index contributed by atoms with van der Waals surface area (Å²) in [5.41, 5.74) is 0. The third-order valence-corrected chi connectivity index (χ3v) is 1.86. The third kappa shape index (κ3) is 2.01. The van der Waals surface area contributed by atoms with Crippen molar-refractivity contribution >= 4 is 5.90 Å². The summed E-state index contributed by atoms with van der Waals surface area (Å²) in [6.07, 6.45) is 4.77. The monoisotopic (exact) mass is 141 g/mol. The van der Waals surface area contributed by atoms with Gasteiger partial charge in [0.05, 0.1) is 13.2 Å². The van der Waals surface area contributed by atoms with E-state index in [9.17, 15) is 0 Å². The zero-order chi connectivity index (χ0) is 7.40. The van der Waals surface area contributed by atoms with E-state index in [-0.39, 0.29) is 0 Å². The lowest BCUT2D eigenvalue weighted by Gasteiger charge is -2.02. The van der Waals surface area contributed by atoms with Gasteiger partial charge in [-0.3, -0.25) is 4.99 Å². The molecule has 0 spiro atoms. The molecule has 2 heteroatoms. The first-order valence-electron chi connectivity index (χ1n) is 3.93. The number of nitrogens with zero attached hydrogens (tertiary/aromatic N) is 1. The fourth-order valence-corrected chi connectivity index (χ4v) is 1.25. The van der Waals surface area contributed by atoms with Gasteiger partial charge < -0.3 is 4.74 Å². The standard InChI is InChI=1S/C8H15NO/c1-7-5-3-4-6-8(9-7)10-2/h7H,3-6H2,1-2H3/t7-/m0/s1. The predicted molar refractivity (Wildman–Crippen MR) is 42.4 cm³/mol. The molecule has 1 rings (SSSR count). The first kappa shape index (κ1) is 7.58. The van der Waals surface area contributed by atoms with Crippen molar-refractivity contribution < 1.29 is 4.74 Å². The normalized spacial score (nSPS) is 27.0.